The highest BCUT2D eigenvalue weighted by atomic mass is 16.6. The van der Waals surface area contributed by atoms with Gasteiger partial charge in [0.1, 0.15) is 0 Å². The minimum absolute atomic E-state index is 0.482. The molecular formula is C11H14N2O2. The summed E-state index contributed by atoms with van der Waals surface area (Å²) in [6, 6.07) is 10.2. The Labute approximate surface area is 88.8 Å². The molecule has 80 valence electrons. The van der Waals surface area contributed by atoms with Crippen molar-refractivity contribution in [1.82, 2.24) is 5.32 Å². The Morgan fingerprint density at radius 1 is 1.33 bits per heavy atom. The van der Waals surface area contributed by atoms with E-state index in [1.807, 2.05) is 18.2 Å². The lowest BCUT2D eigenvalue weighted by Gasteiger charge is -2.00. The van der Waals surface area contributed by atoms with Crippen molar-refractivity contribution >= 4 is 0 Å². The maximum Gasteiger partial charge on any atom is 0.249 e. The predicted molar refractivity (Wildman–Crippen MR) is 58.9 cm³/mol. The van der Waals surface area contributed by atoms with Crippen molar-refractivity contribution < 1.29 is 4.92 Å². The summed E-state index contributed by atoms with van der Waals surface area (Å²) in [5.41, 5.74) is 1.29. The van der Waals surface area contributed by atoms with Gasteiger partial charge in [0.25, 0.3) is 0 Å². The molecule has 0 aliphatic rings. The van der Waals surface area contributed by atoms with Crippen LogP contribution in [0, 0.1) is 10.1 Å². The van der Waals surface area contributed by atoms with Crippen LogP contribution in [0.4, 0.5) is 0 Å². The van der Waals surface area contributed by atoms with Gasteiger partial charge in [0.05, 0.1) is 11.1 Å². The molecule has 1 aromatic rings. The molecule has 1 N–H and O–H groups in total. The zero-order valence-corrected chi connectivity index (χ0v) is 8.43. The number of rotatable bonds is 6. The van der Waals surface area contributed by atoms with E-state index in [-0.39, 0.29) is 0 Å². The summed E-state index contributed by atoms with van der Waals surface area (Å²) in [7, 11) is 0. The molecule has 0 atom stereocenters. The third-order valence-corrected chi connectivity index (χ3v) is 1.94. The Morgan fingerprint density at radius 3 is 2.73 bits per heavy atom. The quantitative estimate of drug-likeness (QED) is 0.439. The fourth-order valence-corrected chi connectivity index (χ4v) is 1.24. The van der Waals surface area contributed by atoms with Crippen LogP contribution in [0.5, 0.6) is 0 Å². The molecule has 0 heterocycles. The van der Waals surface area contributed by atoms with Crippen molar-refractivity contribution in [2.24, 2.45) is 0 Å². The topological polar surface area (TPSA) is 55.2 Å². The predicted octanol–water partition coefficient (Wildman–Crippen LogP) is 1.96. The van der Waals surface area contributed by atoms with Gasteiger partial charge in [-0.3, -0.25) is 10.1 Å². The van der Waals surface area contributed by atoms with Crippen LogP contribution in [0.25, 0.3) is 0 Å². The fourth-order valence-electron chi connectivity index (χ4n) is 1.24. The van der Waals surface area contributed by atoms with Gasteiger partial charge in [0, 0.05) is 6.54 Å². The first-order valence-electron chi connectivity index (χ1n) is 4.86. The minimum Gasteiger partial charge on any atom is -0.386 e. The minimum atomic E-state index is -0.482. The smallest absolute Gasteiger partial charge is 0.249 e. The van der Waals surface area contributed by atoms with Crippen LogP contribution in [0.2, 0.25) is 0 Å². The number of benzene rings is 1. The lowest BCUT2D eigenvalue weighted by molar-refractivity contribution is -0.402. The summed E-state index contributed by atoms with van der Waals surface area (Å²) < 4.78 is 0. The van der Waals surface area contributed by atoms with Gasteiger partial charge in [-0.2, -0.15) is 0 Å². The Kier molecular flexibility index (Phi) is 4.94. The SMILES string of the molecule is O=[N+]([O-])C=CNCCCc1ccccc1. The molecule has 0 aromatic heterocycles. The molecule has 0 fully saturated rings. The molecule has 0 radical (unpaired) electrons. The molecule has 0 aliphatic carbocycles. The number of nitrogens with one attached hydrogen (secondary N) is 1. The maximum atomic E-state index is 9.93. The van der Waals surface area contributed by atoms with Gasteiger partial charge in [0.2, 0.25) is 6.20 Å². The van der Waals surface area contributed by atoms with E-state index >= 15 is 0 Å². The van der Waals surface area contributed by atoms with Crippen LogP contribution in [0.1, 0.15) is 12.0 Å². The highest BCUT2D eigenvalue weighted by Gasteiger charge is 1.90. The molecular weight excluding hydrogens is 192 g/mol. The summed E-state index contributed by atoms with van der Waals surface area (Å²) in [4.78, 5) is 9.45. The van der Waals surface area contributed by atoms with Crippen molar-refractivity contribution in [3.63, 3.8) is 0 Å². The van der Waals surface area contributed by atoms with Crippen molar-refractivity contribution in [2.75, 3.05) is 6.54 Å². The largest absolute Gasteiger partial charge is 0.386 e. The first-order chi connectivity index (χ1) is 7.29. The van der Waals surface area contributed by atoms with Crippen LogP contribution >= 0.6 is 0 Å². The zero-order chi connectivity index (χ0) is 10.9. The van der Waals surface area contributed by atoms with Crippen molar-refractivity contribution in [3.05, 3.63) is 58.4 Å². The number of nitrogens with zero attached hydrogens (tertiary/aromatic N) is 1. The Morgan fingerprint density at radius 2 is 2.07 bits per heavy atom. The Balaban J connectivity index is 2.10. The first kappa shape index (κ1) is 11.2. The van der Waals surface area contributed by atoms with Crippen LogP contribution in [-0.4, -0.2) is 11.5 Å². The highest BCUT2D eigenvalue weighted by molar-refractivity contribution is 5.14. The summed E-state index contributed by atoms with van der Waals surface area (Å²) >= 11 is 0. The molecule has 0 saturated heterocycles. The molecule has 0 unspecified atom stereocenters. The molecule has 1 aromatic carbocycles. The average molecular weight is 206 g/mol. The molecule has 15 heavy (non-hydrogen) atoms. The van der Waals surface area contributed by atoms with E-state index < -0.39 is 4.92 Å². The number of nitro groups is 1. The second-order valence-electron chi connectivity index (χ2n) is 3.14. The van der Waals surface area contributed by atoms with Gasteiger partial charge in [0.15, 0.2) is 0 Å². The molecule has 4 nitrogen and oxygen atoms in total. The van der Waals surface area contributed by atoms with Crippen molar-refractivity contribution in [3.8, 4) is 0 Å². The monoisotopic (exact) mass is 206 g/mol. The second kappa shape index (κ2) is 6.59. The molecule has 0 aliphatic heterocycles. The van der Waals surface area contributed by atoms with E-state index in [0.29, 0.717) is 0 Å². The third-order valence-electron chi connectivity index (χ3n) is 1.94. The summed E-state index contributed by atoms with van der Waals surface area (Å²) in [5, 5.41) is 12.8. The Bertz CT molecular complexity index is 323. The number of hydrogen-bond donors (Lipinski definition) is 1. The molecule has 0 saturated carbocycles. The lowest BCUT2D eigenvalue weighted by Crippen LogP contribution is -2.08. The normalized spacial score (nSPS) is 10.4. The highest BCUT2D eigenvalue weighted by Crippen LogP contribution is 2.01. The summed E-state index contributed by atoms with van der Waals surface area (Å²) in [5.74, 6) is 0. The third kappa shape index (κ3) is 5.46. The van der Waals surface area contributed by atoms with Crippen molar-refractivity contribution in [1.29, 1.82) is 0 Å². The van der Waals surface area contributed by atoms with Gasteiger partial charge in [-0.05, 0) is 18.4 Å². The fraction of sp³-hybridized carbons (Fsp3) is 0.273. The standard InChI is InChI=1S/C11H14N2O2/c14-13(15)10-9-12-8-4-7-11-5-2-1-3-6-11/h1-3,5-6,9-10,12H,4,7-8H2. The number of aryl methyl sites for hydroxylation is 1. The maximum absolute atomic E-state index is 9.93. The van der Waals surface area contributed by atoms with Crippen LogP contribution < -0.4 is 5.32 Å². The van der Waals surface area contributed by atoms with Gasteiger partial charge >= 0.3 is 0 Å². The average Bonchev–Trinajstić information content (AvgIpc) is 2.24. The van der Waals surface area contributed by atoms with E-state index in [2.05, 4.69) is 17.4 Å². The van der Waals surface area contributed by atoms with E-state index in [1.54, 1.807) is 0 Å². The second-order valence-corrected chi connectivity index (χ2v) is 3.14. The molecule has 0 amide bonds. The summed E-state index contributed by atoms with van der Waals surface area (Å²) in [6.07, 6.45) is 4.22. The molecule has 0 bridgehead atoms. The molecule has 1 rings (SSSR count). The van der Waals surface area contributed by atoms with E-state index in [9.17, 15) is 10.1 Å². The van der Waals surface area contributed by atoms with Gasteiger partial charge in [-0.15, -0.1) is 0 Å². The van der Waals surface area contributed by atoms with E-state index in [1.165, 1.54) is 11.8 Å². The lowest BCUT2D eigenvalue weighted by atomic mass is 10.1. The van der Waals surface area contributed by atoms with Crippen LogP contribution in [0.15, 0.2) is 42.7 Å². The molecule has 4 heteroatoms. The van der Waals surface area contributed by atoms with Gasteiger partial charge < -0.3 is 5.32 Å². The number of hydrogen-bond acceptors (Lipinski definition) is 3. The summed E-state index contributed by atoms with van der Waals surface area (Å²) in [6.45, 7) is 0.749. The van der Waals surface area contributed by atoms with Crippen molar-refractivity contribution in [2.45, 2.75) is 12.8 Å². The van der Waals surface area contributed by atoms with Crippen LogP contribution in [-0.2, 0) is 6.42 Å². The van der Waals surface area contributed by atoms with Gasteiger partial charge in [-0.25, -0.2) is 0 Å². The van der Waals surface area contributed by atoms with Crippen LogP contribution in [0.3, 0.4) is 0 Å². The zero-order valence-electron chi connectivity index (χ0n) is 8.43. The van der Waals surface area contributed by atoms with Gasteiger partial charge in [-0.1, -0.05) is 30.3 Å². The van der Waals surface area contributed by atoms with E-state index in [4.69, 9.17) is 0 Å². The molecule has 0 spiro atoms. The van der Waals surface area contributed by atoms with E-state index in [0.717, 1.165) is 25.6 Å². The first-order valence-corrected chi connectivity index (χ1v) is 4.86. The Hall–Kier alpha value is -1.84.